The molecule has 6 heteroatoms. The molecule has 1 fully saturated rings. The lowest BCUT2D eigenvalue weighted by atomic mass is 10.00. The van der Waals surface area contributed by atoms with Gasteiger partial charge in [0.2, 0.25) is 5.91 Å². The van der Waals surface area contributed by atoms with Crippen LogP contribution in [-0.4, -0.2) is 29.6 Å². The fourth-order valence-corrected chi connectivity index (χ4v) is 2.54. The lowest BCUT2D eigenvalue weighted by molar-refractivity contribution is -0.131. The van der Waals surface area contributed by atoms with Gasteiger partial charge < -0.3 is 15.7 Å². The average Bonchev–Trinajstić information content (AvgIpc) is 2.45. The average molecular weight is 292 g/mol. The molecule has 1 amide bonds. The minimum atomic E-state index is -1.09. The first-order chi connectivity index (χ1) is 9.99. The first kappa shape index (κ1) is 15.0. The smallest absolute Gasteiger partial charge is 0.328 e. The van der Waals surface area contributed by atoms with Gasteiger partial charge in [0.1, 0.15) is 11.9 Å². The molecule has 1 aromatic rings. The summed E-state index contributed by atoms with van der Waals surface area (Å²) in [5, 5.41) is 8.56. The fourth-order valence-electron chi connectivity index (χ4n) is 2.54. The number of hydrogen-bond acceptors (Lipinski definition) is 3. The van der Waals surface area contributed by atoms with E-state index in [0.717, 1.165) is 18.9 Å². The number of carboxylic acids is 1. The van der Waals surface area contributed by atoms with E-state index >= 15 is 0 Å². The largest absolute Gasteiger partial charge is 0.478 e. The minimum absolute atomic E-state index is 0.325. The number of rotatable bonds is 4. The fraction of sp³-hybridized carbons (Fsp3) is 0.333. The Morgan fingerprint density at radius 3 is 2.76 bits per heavy atom. The molecule has 0 radical (unpaired) electrons. The second-order valence-corrected chi connectivity index (χ2v) is 4.99. The minimum Gasteiger partial charge on any atom is -0.478 e. The number of carbonyl (C=O) groups is 2. The standard InChI is InChI=1S/C15H17FN2O3/c16-11-9-10(5-7-14(19)20)4-6-12(11)18-8-2-1-3-13(18)15(17)21/h4-7,9,13H,1-3,8H2,(H2,17,21)(H,19,20). The maximum Gasteiger partial charge on any atom is 0.328 e. The monoisotopic (exact) mass is 292 g/mol. The van der Waals surface area contributed by atoms with E-state index in [2.05, 4.69) is 0 Å². The molecule has 3 N–H and O–H groups in total. The van der Waals surface area contributed by atoms with Crippen molar-refractivity contribution in [2.45, 2.75) is 25.3 Å². The molecule has 0 saturated carbocycles. The normalized spacial score (nSPS) is 18.9. The molecule has 2 rings (SSSR count). The Balaban J connectivity index is 2.27. The van der Waals surface area contributed by atoms with Crippen LogP contribution in [0.2, 0.25) is 0 Å². The molecule has 0 aromatic heterocycles. The highest BCUT2D eigenvalue weighted by molar-refractivity contribution is 5.86. The van der Waals surface area contributed by atoms with Crippen LogP contribution in [0.5, 0.6) is 0 Å². The molecule has 1 aromatic carbocycles. The third-order valence-corrected chi connectivity index (χ3v) is 3.53. The zero-order chi connectivity index (χ0) is 15.4. The van der Waals surface area contributed by atoms with E-state index in [1.807, 2.05) is 0 Å². The first-order valence-electron chi connectivity index (χ1n) is 6.75. The lowest BCUT2D eigenvalue weighted by Crippen LogP contribution is -2.48. The van der Waals surface area contributed by atoms with Gasteiger partial charge in [-0.15, -0.1) is 0 Å². The number of aliphatic carboxylic acids is 1. The number of carbonyl (C=O) groups excluding carboxylic acids is 1. The van der Waals surface area contributed by atoms with Gasteiger partial charge in [-0.3, -0.25) is 4.79 Å². The molecule has 1 saturated heterocycles. The van der Waals surface area contributed by atoms with Gasteiger partial charge in [0, 0.05) is 12.6 Å². The molecular weight excluding hydrogens is 275 g/mol. The van der Waals surface area contributed by atoms with Crippen LogP contribution in [0.4, 0.5) is 10.1 Å². The van der Waals surface area contributed by atoms with E-state index in [9.17, 15) is 14.0 Å². The zero-order valence-corrected chi connectivity index (χ0v) is 11.5. The van der Waals surface area contributed by atoms with E-state index in [0.29, 0.717) is 24.2 Å². The number of hydrogen-bond donors (Lipinski definition) is 2. The van der Waals surface area contributed by atoms with Crippen molar-refractivity contribution >= 4 is 23.6 Å². The van der Waals surface area contributed by atoms with Gasteiger partial charge in [0.25, 0.3) is 0 Å². The van der Waals surface area contributed by atoms with Crippen molar-refractivity contribution in [1.82, 2.24) is 0 Å². The van der Waals surface area contributed by atoms with Crippen LogP contribution in [0.3, 0.4) is 0 Å². The highest BCUT2D eigenvalue weighted by Crippen LogP contribution is 2.28. The summed E-state index contributed by atoms with van der Waals surface area (Å²) in [7, 11) is 0. The zero-order valence-electron chi connectivity index (χ0n) is 11.5. The molecule has 1 unspecified atom stereocenters. The number of nitrogens with zero attached hydrogens (tertiary/aromatic N) is 1. The summed E-state index contributed by atoms with van der Waals surface area (Å²) in [4.78, 5) is 23.6. The Morgan fingerprint density at radius 2 is 2.14 bits per heavy atom. The molecule has 21 heavy (non-hydrogen) atoms. The van der Waals surface area contributed by atoms with Crippen LogP contribution < -0.4 is 10.6 Å². The summed E-state index contributed by atoms with van der Waals surface area (Å²) in [5.74, 6) is -2.04. The summed E-state index contributed by atoms with van der Waals surface area (Å²) in [6, 6.07) is 3.93. The molecule has 1 atom stereocenters. The lowest BCUT2D eigenvalue weighted by Gasteiger charge is -2.35. The summed E-state index contributed by atoms with van der Waals surface area (Å²) >= 11 is 0. The third-order valence-electron chi connectivity index (χ3n) is 3.53. The predicted molar refractivity (Wildman–Crippen MR) is 77.2 cm³/mol. The number of carboxylic acid groups (broad SMARTS) is 1. The van der Waals surface area contributed by atoms with Crippen molar-refractivity contribution in [2.75, 3.05) is 11.4 Å². The number of primary amides is 1. The number of piperidine rings is 1. The van der Waals surface area contributed by atoms with Crippen LogP contribution in [0, 0.1) is 5.82 Å². The molecule has 1 aliphatic rings. The topological polar surface area (TPSA) is 83.6 Å². The second-order valence-electron chi connectivity index (χ2n) is 4.99. The SMILES string of the molecule is NC(=O)C1CCCCN1c1ccc(C=CC(=O)O)cc1F. The maximum atomic E-state index is 14.2. The van der Waals surface area contributed by atoms with E-state index in [1.165, 1.54) is 12.1 Å². The Labute approximate surface area is 121 Å². The van der Waals surface area contributed by atoms with Gasteiger partial charge in [0.05, 0.1) is 5.69 Å². The molecule has 112 valence electrons. The molecule has 0 spiro atoms. The Kier molecular flexibility index (Phi) is 4.57. The van der Waals surface area contributed by atoms with Gasteiger partial charge in [-0.1, -0.05) is 6.07 Å². The summed E-state index contributed by atoms with van der Waals surface area (Å²) in [6.07, 6.45) is 4.66. The Bertz CT molecular complexity index is 586. The summed E-state index contributed by atoms with van der Waals surface area (Å²) in [6.45, 7) is 0.578. The molecule has 0 bridgehead atoms. The van der Waals surface area contributed by atoms with Crippen molar-refractivity contribution < 1.29 is 19.1 Å². The molecule has 0 aliphatic carbocycles. The van der Waals surface area contributed by atoms with Crippen LogP contribution in [0.15, 0.2) is 24.3 Å². The predicted octanol–water partition coefficient (Wildman–Crippen LogP) is 1.77. The van der Waals surface area contributed by atoms with Crippen LogP contribution >= 0.6 is 0 Å². The van der Waals surface area contributed by atoms with E-state index in [4.69, 9.17) is 10.8 Å². The number of benzene rings is 1. The van der Waals surface area contributed by atoms with Crippen LogP contribution in [0.1, 0.15) is 24.8 Å². The Hall–Kier alpha value is -2.37. The van der Waals surface area contributed by atoms with Gasteiger partial charge in [0.15, 0.2) is 0 Å². The van der Waals surface area contributed by atoms with Crippen LogP contribution in [0.25, 0.3) is 6.08 Å². The molecular formula is C15H17FN2O3. The molecule has 5 nitrogen and oxygen atoms in total. The van der Waals surface area contributed by atoms with Gasteiger partial charge >= 0.3 is 5.97 Å². The highest BCUT2D eigenvalue weighted by atomic mass is 19.1. The van der Waals surface area contributed by atoms with Gasteiger partial charge in [-0.2, -0.15) is 0 Å². The summed E-state index contributed by atoms with van der Waals surface area (Å²) < 4.78 is 14.2. The van der Waals surface area contributed by atoms with Crippen molar-refractivity contribution in [2.24, 2.45) is 5.73 Å². The van der Waals surface area contributed by atoms with E-state index in [1.54, 1.807) is 17.0 Å². The number of anilines is 1. The van der Waals surface area contributed by atoms with Crippen molar-refractivity contribution in [3.05, 3.63) is 35.7 Å². The number of amides is 1. The molecule has 1 heterocycles. The maximum absolute atomic E-state index is 14.2. The molecule has 1 aliphatic heterocycles. The van der Waals surface area contributed by atoms with Crippen LogP contribution in [-0.2, 0) is 9.59 Å². The van der Waals surface area contributed by atoms with Crippen molar-refractivity contribution in [1.29, 1.82) is 0 Å². The van der Waals surface area contributed by atoms with E-state index < -0.39 is 23.7 Å². The highest BCUT2D eigenvalue weighted by Gasteiger charge is 2.28. The quantitative estimate of drug-likeness (QED) is 0.828. The van der Waals surface area contributed by atoms with Gasteiger partial charge in [-0.25, -0.2) is 9.18 Å². The Morgan fingerprint density at radius 1 is 1.38 bits per heavy atom. The second kappa shape index (κ2) is 6.39. The third kappa shape index (κ3) is 3.59. The van der Waals surface area contributed by atoms with Crippen molar-refractivity contribution in [3.8, 4) is 0 Å². The summed E-state index contributed by atoms with van der Waals surface area (Å²) in [5.41, 5.74) is 6.15. The first-order valence-corrected chi connectivity index (χ1v) is 6.75. The van der Waals surface area contributed by atoms with Gasteiger partial charge in [-0.05, 0) is 43.0 Å². The van der Waals surface area contributed by atoms with E-state index in [-0.39, 0.29) is 0 Å². The van der Waals surface area contributed by atoms with Crippen molar-refractivity contribution in [3.63, 3.8) is 0 Å². The number of halogens is 1. The number of nitrogens with two attached hydrogens (primary N) is 1.